The molecule has 0 bridgehead atoms. The molecule has 20 heavy (non-hydrogen) atoms. The Balaban J connectivity index is 1.93. The zero-order valence-electron chi connectivity index (χ0n) is 11.4. The van der Waals surface area contributed by atoms with Gasteiger partial charge in [-0.1, -0.05) is 24.3 Å². The molecule has 0 saturated carbocycles. The van der Waals surface area contributed by atoms with Crippen molar-refractivity contribution in [3.8, 4) is 5.75 Å². The summed E-state index contributed by atoms with van der Waals surface area (Å²) >= 11 is 0. The van der Waals surface area contributed by atoms with Crippen LogP contribution >= 0.6 is 0 Å². The number of ether oxygens (including phenoxy) is 1. The van der Waals surface area contributed by atoms with Gasteiger partial charge < -0.3 is 15.8 Å². The van der Waals surface area contributed by atoms with Crippen LogP contribution in [-0.2, 0) is 11.2 Å². The number of nitrogens with one attached hydrogen (secondary N) is 1. The fourth-order valence-electron chi connectivity index (χ4n) is 1.85. The number of amides is 1. The van der Waals surface area contributed by atoms with Gasteiger partial charge in [-0.25, -0.2) is 0 Å². The number of para-hydroxylation sites is 2. The van der Waals surface area contributed by atoms with Gasteiger partial charge >= 0.3 is 0 Å². The third-order valence-electron chi connectivity index (χ3n) is 2.83. The highest BCUT2D eigenvalue weighted by atomic mass is 16.5. The molecule has 0 fully saturated rings. The van der Waals surface area contributed by atoms with Gasteiger partial charge in [0.05, 0.1) is 12.3 Å². The van der Waals surface area contributed by atoms with E-state index in [9.17, 15) is 4.79 Å². The first-order chi connectivity index (χ1) is 9.65. The van der Waals surface area contributed by atoms with Gasteiger partial charge in [-0.05, 0) is 29.8 Å². The number of carbonyl (C=O) groups is 1. The Morgan fingerprint density at radius 1 is 1.15 bits per heavy atom. The molecule has 0 atom stereocenters. The minimum Gasteiger partial charge on any atom is -0.491 e. The third-order valence-corrected chi connectivity index (χ3v) is 2.83. The number of hydrogen-bond acceptors (Lipinski definition) is 3. The maximum Gasteiger partial charge on any atom is 0.221 e. The Morgan fingerprint density at radius 2 is 1.85 bits per heavy atom. The van der Waals surface area contributed by atoms with Gasteiger partial charge in [-0.15, -0.1) is 0 Å². The van der Waals surface area contributed by atoms with Crippen LogP contribution in [0.25, 0.3) is 0 Å². The summed E-state index contributed by atoms with van der Waals surface area (Å²) in [6, 6.07) is 15.1. The number of nitrogen functional groups attached to an aromatic ring is 1. The van der Waals surface area contributed by atoms with Crippen LogP contribution < -0.4 is 15.8 Å². The molecule has 0 aliphatic carbocycles. The van der Waals surface area contributed by atoms with E-state index < -0.39 is 0 Å². The number of benzene rings is 2. The predicted octanol–water partition coefficient (Wildman–Crippen LogP) is 2.85. The molecule has 0 radical (unpaired) electrons. The summed E-state index contributed by atoms with van der Waals surface area (Å²) < 4.78 is 5.73. The highest BCUT2D eigenvalue weighted by Crippen LogP contribution is 2.23. The van der Waals surface area contributed by atoms with Crippen LogP contribution in [0.3, 0.4) is 0 Å². The van der Waals surface area contributed by atoms with Gasteiger partial charge in [0, 0.05) is 19.0 Å². The van der Waals surface area contributed by atoms with E-state index in [-0.39, 0.29) is 5.91 Å². The standard InChI is InChI=1S/C16H18N2O2/c1-12(19)18-15-4-2-3-5-16(15)20-11-10-13-6-8-14(17)9-7-13/h2-9H,10-11,17H2,1H3,(H,18,19). The van der Waals surface area contributed by atoms with Crippen LogP contribution in [-0.4, -0.2) is 12.5 Å². The van der Waals surface area contributed by atoms with Crippen LogP contribution in [0.2, 0.25) is 0 Å². The number of hydrogen-bond donors (Lipinski definition) is 2. The van der Waals surface area contributed by atoms with Gasteiger partial charge in [0.15, 0.2) is 0 Å². The molecule has 0 unspecified atom stereocenters. The zero-order chi connectivity index (χ0) is 14.4. The first-order valence-corrected chi connectivity index (χ1v) is 6.49. The van der Waals surface area contributed by atoms with Crippen LogP contribution in [0.5, 0.6) is 5.75 Å². The fraction of sp³-hybridized carbons (Fsp3) is 0.188. The molecule has 0 aliphatic heterocycles. The largest absolute Gasteiger partial charge is 0.491 e. The average Bonchev–Trinajstić information content (AvgIpc) is 2.42. The molecule has 2 aromatic carbocycles. The fourth-order valence-corrected chi connectivity index (χ4v) is 1.85. The average molecular weight is 270 g/mol. The highest BCUT2D eigenvalue weighted by Gasteiger charge is 2.04. The monoisotopic (exact) mass is 270 g/mol. The first kappa shape index (κ1) is 13.9. The number of rotatable bonds is 5. The maximum atomic E-state index is 11.1. The van der Waals surface area contributed by atoms with E-state index in [1.165, 1.54) is 6.92 Å². The lowest BCUT2D eigenvalue weighted by atomic mass is 10.1. The van der Waals surface area contributed by atoms with Crippen molar-refractivity contribution in [1.82, 2.24) is 0 Å². The first-order valence-electron chi connectivity index (χ1n) is 6.49. The van der Waals surface area contributed by atoms with E-state index in [1.54, 1.807) is 0 Å². The van der Waals surface area contributed by atoms with Gasteiger partial charge in [-0.2, -0.15) is 0 Å². The van der Waals surface area contributed by atoms with Crippen molar-refractivity contribution in [1.29, 1.82) is 0 Å². The van der Waals surface area contributed by atoms with Crippen molar-refractivity contribution in [3.05, 3.63) is 54.1 Å². The van der Waals surface area contributed by atoms with Crippen molar-refractivity contribution in [2.75, 3.05) is 17.7 Å². The highest BCUT2D eigenvalue weighted by molar-refractivity contribution is 5.90. The topological polar surface area (TPSA) is 64.3 Å². The molecule has 0 saturated heterocycles. The molecule has 104 valence electrons. The molecule has 1 amide bonds. The van der Waals surface area contributed by atoms with Gasteiger partial charge in [0.1, 0.15) is 5.75 Å². The lowest BCUT2D eigenvalue weighted by Crippen LogP contribution is -2.09. The lowest BCUT2D eigenvalue weighted by molar-refractivity contribution is -0.114. The quantitative estimate of drug-likeness (QED) is 0.821. The SMILES string of the molecule is CC(=O)Nc1ccccc1OCCc1ccc(N)cc1. The summed E-state index contributed by atoms with van der Waals surface area (Å²) in [5.74, 6) is 0.567. The molecular weight excluding hydrogens is 252 g/mol. The van der Waals surface area contributed by atoms with E-state index in [1.807, 2.05) is 48.5 Å². The normalized spacial score (nSPS) is 10.1. The van der Waals surface area contributed by atoms with Crippen molar-refractivity contribution < 1.29 is 9.53 Å². The summed E-state index contributed by atoms with van der Waals surface area (Å²) in [7, 11) is 0. The van der Waals surface area contributed by atoms with E-state index in [0.717, 1.165) is 17.7 Å². The van der Waals surface area contributed by atoms with Gasteiger partial charge in [-0.3, -0.25) is 4.79 Å². The summed E-state index contributed by atoms with van der Waals surface area (Å²) in [6.45, 7) is 2.02. The Morgan fingerprint density at radius 3 is 2.55 bits per heavy atom. The number of nitrogens with two attached hydrogens (primary N) is 1. The molecule has 2 aromatic rings. The Labute approximate surface area is 118 Å². The van der Waals surface area contributed by atoms with Crippen molar-refractivity contribution in [2.24, 2.45) is 0 Å². The lowest BCUT2D eigenvalue weighted by Gasteiger charge is -2.11. The second kappa shape index (κ2) is 6.61. The third kappa shape index (κ3) is 4.02. The summed E-state index contributed by atoms with van der Waals surface area (Å²) in [5, 5.41) is 2.75. The van der Waals surface area contributed by atoms with Crippen molar-refractivity contribution in [2.45, 2.75) is 13.3 Å². The molecule has 0 spiro atoms. The van der Waals surface area contributed by atoms with Gasteiger partial charge in [0.2, 0.25) is 5.91 Å². The second-order valence-corrected chi connectivity index (χ2v) is 4.52. The van der Waals surface area contributed by atoms with Crippen molar-refractivity contribution >= 4 is 17.3 Å². The molecule has 4 nitrogen and oxygen atoms in total. The Hall–Kier alpha value is -2.49. The number of carbonyl (C=O) groups excluding carboxylic acids is 1. The smallest absolute Gasteiger partial charge is 0.221 e. The molecule has 0 heterocycles. The predicted molar refractivity (Wildman–Crippen MR) is 80.8 cm³/mol. The summed E-state index contributed by atoms with van der Waals surface area (Å²) in [5.41, 5.74) is 8.25. The summed E-state index contributed by atoms with van der Waals surface area (Å²) in [4.78, 5) is 11.1. The molecule has 0 aromatic heterocycles. The molecule has 3 N–H and O–H groups in total. The molecular formula is C16H18N2O2. The minimum atomic E-state index is -0.111. The molecule has 2 rings (SSSR count). The van der Waals surface area contributed by atoms with E-state index in [0.29, 0.717) is 18.0 Å². The maximum absolute atomic E-state index is 11.1. The van der Waals surface area contributed by atoms with E-state index in [2.05, 4.69) is 5.32 Å². The van der Waals surface area contributed by atoms with Gasteiger partial charge in [0.25, 0.3) is 0 Å². The Kier molecular flexibility index (Phi) is 4.60. The van der Waals surface area contributed by atoms with Crippen molar-refractivity contribution in [3.63, 3.8) is 0 Å². The molecule has 4 heteroatoms. The van der Waals surface area contributed by atoms with Crippen LogP contribution in [0.4, 0.5) is 11.4 Å². The Bertz CT molecular complexity index is 579. The molecule has 0 aliphatic rings. The van der Waals surface area contributed by atoms with Crippen LogP contribution in [0, 0.1) is 0 Å². The summed E-state index contributed by atoms with van der Waals surface area (Å²) in [6.07, 6.45) is 0.786. The number of anilines is 2. The minimum absolute atomic E-state index is 0.111. The van der Waals surface area contributed by atoms with E-state index in [4.69, 9.17) is 10.5 Å². The van der Waals surface area contributed by atoms with Crippen LogP contribution in [0.1, 0.15) is 12.5 Å². The zero-order valence-corrected chi connectivity index (χ0v) is 11.4. The second-order valence-electron chi connectivity index (χ2n) is 4.52. The van der Waals surface area contributed by atoms with E-state index >= 15 is 0 Å². The van der Waals surface area contributed by atoms with Crippen LogP contribution in [0.15, 0.2) is 48.5 Å².